The molecule has 6 nitrogen and oxygen atoms in total. The molecule has 1 heterocycles. The monoisotopic (exact) mass is 332 g/mol. The van der Waals surface area contributed by atoms with E-state index in [2.05, 4.69) is 16.1 Å². The van der Waals surface area contributed by atoms with Crippen LogP contribution in [0.2, 0.25) is 0 Å². The highest BCUT2D eigenvalue weighted by atomic mass is 32.2. The molecule has 0 amide bonds. The average molecular weight is 332 g/mol. The second-order valence-corrected chi connectivity index (χ2v) is 8.52. The Labute approximate surface area is 130 Å². The van der Waals surface area contributed by atoms with Gasteiger partial charge in [0.1, 0.15) is 4.90 Å². The van der Waals surface area contributed by atoms with Crippen LogP contribution in [0.4, 0.5) is 5.82 Å². The Balaban J connectivity index is 2.11. The van der Waals surface area contributed by atoms with Gasteiger partial charge in [0.05, 0.1) is 0 Å². The molecule has 0 bridgehead atoms. The van der Waals surface area contributed by atoms with Crippen LogP contribution in [0.3, 0.4) is 0 Å². The summed E-state index contributed by atoms with van der Waals surface area (Å²) in [7, 11) is -3.60. The molecule has 1 aliphatic carbocycles. The molecule has 0 aromatic carbocycles. The van der Waals surface area contributed by atoms with Crippen LogP contribution in [0.25, 0.3) is 0 Å². The molecule has 120 valence electrons. The first-order valence-electron chi connectivity index (χ1n) is 7.30. The van der Waals surface area contributed by atoms with Crippen molar-refractivity contribution >= 4 is 27.6 Å². The molecule has 21 heavy (non-hydrogen) atoms. The minimum atomic E-state index is -3.60. The van der Waals surface area contributed by atoms with Crippen molar-refractivity contribution in [3.8, 4) is 0 Å². The first-order valence-corrected chi connectivity index (χ1v) is 10.0. The van der Waals surface area contributed by atoms with E-state index in [0.717, 1.165) is 12.8 Å². The van der Waals surface area contributed by atoms with Gasteiger partial charge in [-0.3, -0.25) is 4.68 Å². The van der Waals surface area contributed by atoms with Gasteiger partial charge in [-0.05, 0) is 26.0 Å². The fraction of sp³-hybridized carbons (Fsp3) is 0.769. The average Bonchev–Trinajstić information content (AvgIpc) is 2.88. The molecule has 0 aliphatic heterocycles. The number of anilines is 1. The molecule has 1 saturated carbocycles. The van der Waals surface area contributed by atoms with Gasteiger partial charge in [0.25, 0.3) is 0 Å². The lowest BCUT2D eigenvalue weighted by atomic mass is 9.88. The first-order chi connectivity index (χ1) is 9.92. The van der Waals surface area contributed by atoms with Gasteiger partial charge in [0, 0.05) is 24.0 Å². The second-order valence-electron chi connectivity index (χ2n) is 5.51. The molecule has 3 N–H and O–H groups in total. The highest BCUT2D eigenvalue weighted by Gasteiger charge is 2.33. The van der Waals surface area contributed by atoms with E-state index >= 15 is 0 Å². The third kappa shape index (κ3) is 3.73. The highest BCUT2D eigenvalue weighted by Crippen LogP contribution is 2.38. The molecule has 1 fully saturated rings. The van der Waals surface area contributed by atoms with E-state index in [1.807, 2.05) is 6.92 Å². The number of aryl methyl sites for hydroxylation is 1. The third-order valence-electron chi connectivity index (χ3n) is 4.15. The summed E-state index contributed by atoms with van der Waals surface area (Å²) in [4.78, 5) is 0.0800. The van der Waals surface area contributed by atoms with E-state index < -0.39 is 10.0 Å². The molecular weight excluding hydrogens is 308 g/mol. The standard InChI is InChI=1S/C13H24N4O2S2/c1-3-17-9-11(12(14)16-17)21(18,19)15-10-13(20-2)7-5-4-6-8-13/h9,15H,3-8,10H2,1-2H3,(H2,14,16). The van der Waals surface area contributed by atoms with Crippen LogP contribution in [0.5, 0.6) is 0 Å². The Morgan fingerprint density at radius 1 is 1.43 bits per heavy atom. The van der Waals surface area contributed by atoms with Crippen molar-refractivity contribution in [3.05, 3.63) is 6.20 Å². The van der Waals surface area contributed by atoms with E-state index in [-0.39, 0.29) is 15.5 Å². The molecule has 0 unspecified atom stereocenters. The number of hydrogen-bond acceptors (Lipinski definition) is 5. The predicted molar refractivity (Wildman–Crippen MR) is 86.8 cm³/mol. The van der Waals surface area contributed by atoms with E-state index in [4.69, 9.17) is 5.73 Å². The van der Waals surface area contributed by atoms with Gasteiger partial charge < -0.3 is 5.73 Å². The zero-order valence-electron chi connectivity index (χ0n) is 12.6. The number of rotatable bonds is 6. The van der Waals surface area contributed by atoms with E-state index in [1.54, 1.807) is 11.8 Å². The minimum Gasteiger partial charge on any atom is -0.381 e. The maximum absolute atomic E-state index is 12.4. The van der Waals surface area contributed by atoms with Crippen LogP contribution >= 0.6 is 11.8 Å². The zero-order valence-corrected chi connectivity index (χ0v) is 14.3. The summed E-state index contributed by atoms with van der Waals surface area (Å²) in [6.07, 6.45) is 9.23. The smallest absolute Gasteiger partial charge is 0.245 e. The van der Waals surface area contributed by atoms with E-state index in [0.29, 0.717) is 13.1 Å². The van der Waals surface area contributed by atoms with Gasteiger partial charge in [-0.25, -0.2) is 13.1 Å². The van der Waals surface area contributed by atoms with Crippen LogP contribution in [0.1, 0.15) is 39.0 Å². The lowest BCUT2D eigenvalue weighted by Gasteiger charge is -2.35. The van der Waals surface area contributed by atoms with Gasteiger partial charge in [0.15, 0.2) is 5.82 Å². The van der Waals surface area contributed by atoms with Crippen molar-refractivity contribution in [2.45, 2.75) is 55.2 Å². The molecule has 0 atom stereocenters. The Kier molecular flexibility index (Phi) is 5.21. The van der Waals surface area contributed by atoms with Crippen molar-refractivity contribution in [2.24, 2.45) is 0 Å². The second kappa shape index (κ2) is 6.58. The van der Waals surface area contributed by atoms with Crippen molar-refractivity contribution in [2.75, 3.05) is 18.5 Å². The first kappa shape index (κ1) is 16.6. The summed E-state index contributed by atoms with van der Waals surface area (Å²) >= 11 is 1.76. The van der Waals surface area contributed by atoms with Crippen LogP contribution in [-0.4, -0.2) is 35.7 Å². The SMILES string of the molecule is CCn1cc(S(=O)(=O)NCC2(SC)CCCCC2)c(N)n1. The lowest BCUT2D eigenvalue weighted by Crippen LogP contribution is -2.41. The maximum atomic E-state index is 12.4. The molecular formula is C13H24N4O2S2. The summed E-state index contributed by atoms with van der Waals surface area (Å²) < 4.78 is 29.1. The normalized spacial score (nSPS) is 18.8. The lowest BCUT2D eigenvalue weighted by molar-refractivity contribution is 0.395. The molecule has 1 aromatic heterocycles. The number of thioether (sulfide) groups is 1. The number of nitrogens with one attached hydrogen (secondary N) is 1. The molecule has 1 aliphatic rings. The number of nitrogens with two attached hydrogens (primary N) is 1. The molecule has 8 heteroatoms. The molecule has 2 rings (SSSR count). The third-order valence-corrected chi connectivity index (χ3v) is 6.99. The van der Waals surface area contributed by atoms with Crippen LogP contribution in [-0.2, 0) is 16.6 Å². The number of nitrogens with zero attached hydrogens (tertiary/aromatic N) is 2. The zero-order chi connectivity index (χ0) is 15.5. The van der Waals surface area contributed by atoms with Gasteiger partial charge in [-0.2, -0.15) is 16.9 Å². The van der Waals surface area contributed by atoms with Crippen molar-refractivity contribution in [1.29, 1.82) is 0 Å². The van der Waals surface area contributed by atoms with Gasteiger partial charge in [-0.1, -0.05) is 19.3 Å². The van der Waals surface area contributed by atoms with Crippen LogP contribution < -0.4 is 10.5 Å². The fourth-order valence-corrected chi connectivity index (χ4v) is 4.94. The Bertz CT molecular complexity index is 577. The van der Waals surface area contributed by atoms with Crippen LogP contribution in [0.15, 0.2) is 11.1 Å². The quantitative estimate of drug-likeness (QED) is 0.829. The highest BCUT2D eigenvalue weighted by molar-refractivity contribution is 8.00. The van der Waals surface area contributed by atoms with Crippen LogP contribution in [0, 0.1) is 0 Å². The molecule has 0 saturated heterocycles. The Morgan fingerprint density at radius 3 is 2.62 bits per heavy atom. The number of sulfonamides is 1. The molecule has 1 aromatic rings. The largest absolute Gasteiger partial charge is 0.381 e. The summed E-state index contributed by atoms with van der Waals surface area (Å²) in [5.41, 5.74) is 5.72. The Morgan fingerprint density at radius 2 is 2.10 bits per heavy atom. The predicted octanol–water partition coefficient (Wildman–Crippen LogP) is 1.83. The van der Waals surface area contributed by atoms with Gasteiger partial charge in [0.2, 0.25) is 10.0 Å². The number of hydrogen-bond donors (Lipinski definition) is 2. The fourth-order valence-electron chi connectivity index (χ4n) is 2.74. The molecule has 0 spiro atoms. The summed E-state index contributed by atoms with van der Waals surface area (Å²) in [5, 5.41) is 4.00. The van der Waals surface area contributed by atoms with Gasteiger partial charge >= 0.3 is 0 Å². The van der Waals surface area contributed by atoms with E-state index in [9.17, 15) is 8.42 Å². The number of nitrogen functional groups attached to an aromatic ring is 1. The Hall–Kier alpha value is -0.730. The van der Waals surface area contributed by atoms with Crippen molar-refractivity contribution in [1.82, 2.24) is 14.5 Å². The van der Waals surface area contributed by atoms with Crippen molar-refractivity contribution < 1.29 is 8.42 Å². The summed E-state index contributed by atoms with van der Waals surface area (Å²) in [6.45, 7) is 2.93. The summed E-state index contributed by atoms with van der Waals surface area (Å²) in [6, 6.07) is 0. The maximum Gasteiger partial charge on any atom is 0.245 e. The number of aromatic nitrogens is 2. The summed E-state index contributed by atoms with van der Waals surface area (Å²) in [5.74, 6) is 0.0613. The minimum absolute atomic E-state index is 0.0147. The van der Waals surface area contributed by atoms with Crippen molar-refractivity contribution in [3.63, 3.8) is 0 Å². The van der Waals surface area contributed by atoms with E-state index in [1.165, 1.54) is 30.1 Å². The topological polar surface area (TPSA) is 90.0 Å². The van der Waals surface area contributed by atoms with Gasteiger partial charge in [-0.15, -0.1) is 0 Å². The molecule has 0 radical (unpaired) electrons.